The Kier molecular flexibility index (Phi) is 20.8. The second kappa shape index (κ2) is 21.8. The maximum Gasteiger partial charge on any atom is 0.697 e. The Bertz CT molecular complexity index is 984. The van der Waals surface area contributed by atoms with E-state index in [2.05, 4.69) is 21.2 Å². The van der Waals surface area contributed by atoms with Crippen molar-refractivity contribution in [1.82, 2.24) is 0 Å². The predicted octanol–water partition coefficient (Wildman–Crippen LogP) is 10.5. The lowest BCUT2D eigenvalue weighted by Crippen LogP contribution is -2.37. The average Bonchev–Trinajstić information content (AvgIpc) is 2.90. The van der Waals surface area contributed by atoms with Crippen LogP contribution in [0.2, 0.25) is 0 Å². The number of aliphatic hydroxyl groups excluding tert-OH is 2. The number of aliphatic hydroxyl groups is 2. The van der Waals surface area contributed by atoms with Crippen molar-refractivity contribution in [2.75, 3.05) is 13.2 Å². The molecular formula is C34H54F4O5P+. The highest BCUT2D eigenvalue weighted by Crippen LogP contribution is 2.33. The summed E-state index contributed by atoms with van der Waals surface area (Å²) in [5, 5.41) is 19.9. The van der Waals surface area contributed by atoms with E-state index in [0.717, 1.165) is 37.8 Å². The molecule has 2 atom stereocenters. The normalized spacial score (nSPS) is 15.6. The van der Waals surface area contributed by atoms with Crippen molar-refractivity contribution in [3.8, 4) is 0 Å². The molecule has 44 heavy (non-hydrogen) atoms. The minimum atomic E-state index is -3.83. The van der Waals surface area contributed by atoms with Crippen LogP contribution in [0.4, 0.5) is 17.6 Å². The minimum absolute atomic E-state index is 0.462. The molecule has 0 aromatic carbocycles. The van der Waals surface area contributed by atoms with Gasteiger partial charge in [-0.25, -0.2) is 17.6 Å². The smallest absolute Gasteiger partial charge is 0.383 e. The summed E-state index contributed by atoms with van der Waals surface area (Å²) in [6.45, 7) is 12.4. The topological polar surface area (TPSA) is 76.0 Å². The number of rotatable bonds is 22. The summed E-state index contributed by atoms with van der Waals surface area (Å²) in [4.78, 5) is 0. The Hall–Kier alpha value is -1.90. The fraction of sp³-hybridized carbons (Fsp3) is 0.647. The summed E-state index contributed by atoms with van der Waals surface area (Å²) in [7, 11) is -3.35. The molecule has 5 nitrogen and oxygen atoms in total. The first kappa shape index (κ1) is 42.1. The Labute approximate surface area is 263 Å². The lowest BCUT2D eigenvalue weighted by atomic mass is 10.0. The summed E-state index contributed by atoms with van der Waals surface area (Å²) in [6, 6.07) is 0. The van der Waals surface area contributed by atoms with Crippen LogP contribution in [0, 0.1) is 0 Å². The van der Waals surface area contributed by atoms with E-state index >= 15 is 0 Å². The third kappa shape index (κ3) is 20.9. The number of hydrogen-bond acceptors (Lipinski definition) is 5. The number of halogens is 4. The summed E-state index contributed by atoms with van der Waals surface area (Å²) < 4.78 is 78.2. The Morgan fingerprint density at radius 3 is 1.20 bits per heavy atom. The largest absolute Gasteiger partial charge is 0.697 e. The van der Waals surface area contributed by atoms with Gasteiger partial charge in [-0.1, -0.05) is 69.9 Å². The predicted molar refractivity (Wildman–Crippen MR) is 172 cm³/mol. The van der Waals surface area contributed by atoms with E-state index in [4.69, 9.17) is 0 Å². The molecular weight excluding hydrogens is 595 g/mol. The molecule has 252 valence electrons. The Morgan fingerprint density at radius 1 is 0.591 bits per heavy atom. The zero-order chi connectivity index (χ0) is 33.9. The summed E-state index contributed by atoms with van der Waals surface area (Å²) >= 11 is 0. The van der Waals surface area contributed by atoms with Gasteiger partial charge in [0.1, 0.15) is 12.2 Å². The van der Waals surface area contributed by atoms with Crippen molar-refractivity contribution in [1.29, 1.82) is 0 Å². The van der Waals surface area contributed by atoms with Crippen LogP contribution in [0.15, 0.2) is 69.9 Å². The van der Waals surface area contributed by atoms with Crippen LogP contribution in [0.3, 0.4) is 0 Å². The molecule has 0 aliphatic carbocycles. The van der Waals surface area contributed by atoms with Gasteiger partial charge in [-0.05, 0) is 107 Å². The maximum absolute atomic E-state index is 14.4. The lowest BCUT2D eigenvalue weighted by Gasteiger charge is -2.19. The monoisotopic (exact) mass is 649 g/mol. The molecule has 0 amide bonds. The molecule has 10 heteroatoms. The van der Waals surface area contributed by atoms with Gasteiger partial charge < -0.3 is 10.2 Å². The molecule has 0 bridgehead atoms. The molecule has 0 aliphatic rings. The lowest BCUT2D eigenvalue weighted by molar-refractivity contribution is -0.122. The average molecular weight is 650 g/mol. The van der Waals surface area contributed by atoms with Crippen molar-refractivity contribution < 1.29 is 41.4 Å². The van der Waals surface area contributed by atoms with Crippen LogP contribution in [0.25, 0.3) is 0 Å². The first-order chi connectivity index (χ1) is 20.4. The molecule has 0 spiro atoms. The zero-order valence-corrected chi connectivity index (χ0v) is 28.7. The molecule has 0 aromatic rings. The Morgan fingerprint density at radius 2 is 0.886 bits per heavy atom. The molecule has 0 fully saturated rings. The third-order valence-corrected chi connectivity index (χ3v) is 7.40. The second-order valence-electron chi connectivity index (χ2n) is 12.0. The molecule has 2 N–H and O–H groups in total. The highest BCUT2D eigenvalue weighted by Gasteiger charge is 2.45. The Balaban J connectivity index is 4.71. The molecule has 0 aliphatic heterocycles. The van der Waals surface area contributed by atoms with Crippen LogP contribution in [-0.4, -0.2) is 47.5 Å². The molecule has 2 unspecified atom stereocenters. The van der Waals surface area contributed by atoms with Gasteiger partial charge >= 0.3 is 20.1 Å². The first-order valence-corrected chi connectivity index (χ1v) is 16.2. The van der Waals surface area contributed by atoms with Crippen molar-refractivity contribution in [2.45, 2.75) is 131 Å². The molecule has 0 aromatic heterocycles. The fourth-order valence-electron chi connectivity index (χ4n) is 3.91. The van der Waals surface area contributed by atoms with Gasteiger partial charge in [0.25, 0.3) is 0 Å². The fourth-order valence-corrected chi connectivity index (χ4v) is 4.54. The van der Waals surface area contributed by atoms with E-state index in [-0.39, 0.29) is 0 Å². The highest BCUT2D eigenvalue weighted by molar-refractivity contribution is 7.33. The number of allylic oxidation sites excluding steroid dienone is 10. The van der Waals surface area contributed by atoms with Crippen LogP contribution >= 0.6 is 8.25 Å². The quantitative estimate of drug-likeness (QED) is 0.0693. The van der Waals surface area contributed by atoms with Gasteiger partial charge in [0.15, 0.2) is 13.2 Å². The van der Waals surface area contributed by atoms with E-state index in [9.17, 15) is 32.3 Å². The van der Waals surface area contributed by atoms with Gasteiger partial charge in [0, 0.05) is 4.57 Å². The van der Waals surface area contributed by atoms with Crippen LogP contribution in [0.5, 0.6) is 0 Å². The zero-order valence-electron chi connectivity index (χ0n) is 27.8. The van der Waals surface area contributed by atoms with Gasteiger partial charge in [0.05, 0.1) is 0 Å². The third-order valence-electron chi connectivity index (χ3n) is 6.72. The summed E-state index contributed by atoms with van der Waals surface area (Å²) in [6.07, 6.45) is 11.8. The summed E-state index contributed by atoms with van der Waals surface area (Å²) in [5.74, 6) is -7.65. The second-order valence-corrected chi connectivity index (χ2v) is 13.0. The van der Waals surface area contributed by atoms with Crippen molar-refractivity contribution in [2.24, 2.45) is 0 Å². The SMILES string of the molecule is CC(C)=CCCC(C)=CCCC(C)=CC(O)C(F)(F)CO[P+](=O)OCC(F)(F)C(O)C=C(C)CCC=C(C)CCC=C(C)C. The molecule has 0 rings (SSSR count). The molecule has 0 radical (unpaired) electrons. The molecule has 0 saturated carbocycles. The van der Waals surface area contributed by atoms with E-state index < -0.39 is 45.5 Å². The van der Waals surface area contributed by atoms with Crippen molar-refractivity contribution in [3.05, 3.63) is 69.9 Å². The van der Waals surface area contributed by atoms with Gasteiger partial charge in [-0.15, -0.1) is 9.05 Å². The first-order valence-electron chi connectivity index (χ1n) is 15.1. The minimum Gasteiger partial charge on any atom is -0.383 e. The van der Waals surface area contributed by atoms with Gasteiger partial charge in [-0.2, -0.15) is 0 Å². The van der Waals surface area contributed by atoms with Crippen LogP contribution in [-0.2, 0) is 13.6 Å². The van der Waals surface area contributed by atoms with E-state index in [1.54, 1.807) is 13.8 Å². The van der Waals surface area contributed by atoms with Crippen molar-refractivity contribution >= 4 is 8.25 Å². The summed E-state index contributed by atoms with van der Waals surface area (Å²) in [5.41, 5.74) is 5.94. The van der Waals surface area contributed by atoms with E-state index in [1.807, 2.05) is 53.7 Å². The standard InChI is InChI=1S/C34H54F4O5P/c1-25(2)13-9-15-27(5)17-11-19-29(7)21-31(39)33(35,36)23-42-44(41)43-24-34(37,38)32(40)22-30(8)20-12-18-28(6)16-10-14-26(3)4/h13-14,17-18,21-22,31-32,39-40H,9-12,15-16,19-20,23-24H2,1-8H3/q+1. The number of hydrogen-bond donors (Lipinski definition) is 2. The van der Waals surface area contributed by atoms with E-state index in [1.165, 1.54) is 22.3 Å². The number of alkyl halides is 4. The van der Waals surface area contributed by atoms with Crippen LogP contribution in [0.1, 0.15) is 107 Å². The van der Waals surface area contributed by atoms with Gasteiger partial charge in [0.2, 0.25) is 0 Å². The molecule has 0 saturated heterocycles. The van der Waals surface area contributed by atoms with Crippen molar-refractivity contribution in [3.63, 3.8) is 0 Å². The highest BCUT2D eigenvalue weighted by atomic mass is 31.1. The van der Waals surface area contributed by atoms with Crippen LogP contribution < -0.4 is 0 Å². The maximum atomic E-state index is 14.4. The van der Waals surface area contributed by atoms with E-state index in [0.29, 0.717) is 36.8 Å². The molecule has 0 heterocycles. The van der Waals surface area contributed by atoms with Gasteiger partial charge in [-0.3, -0.25) is 0 Å².